The summed E-state index contributed by atoms with van der Waals surface area (Å²) < 4.78 is 0. The number of Topliss-reactive ketones (excluding diaryl/α,β-unsaturated/α-hetero) is 1. The lowest BCUT2D eigenvalue weighted by atomic mass is 10.1. The predicted molar refractivity (Wildman–Crippen MR) is 44.1 cm³/mol. The Kier molecular flexibility index (Phi) is 3.17. The van der Waals surface area contributed by atoms with Gasteiger partial charge in [-0.2, -0.15) is 0 Å². The van der Waals surface area contributed by atoms with Gasteiger partial charge in [-0.05, 0) is 19.4 Å². The average molecular weight is 153 g/mol. The number of hydrogen-bond acceptors (Lipinski definition) is 3. The van der Waals surface area contributed by atoms with Crippen LogP contribution >= 0.6 is 0 Å². The van der Waals surface area contributed by atoms with Gasteiger partial charge >= 0.3 is 0 Å². The van der Waals surface area contributed by atoms with Crippen molar-refractivity contribution < 1.29 is 4.79 Å². The van der Waals surface area contributed by atoms with E-state index in [0.29, 0.717) is 5.57 Å². The number of carbonyl (C=O) groups is 1. The molecule has 4 heteroatoms. The van der Waals surface area contributed by atoms with Gasteiger partial charge in [0.15, 0.2) is 5.78 Å². The summed E-state index contributed by atoms with van der Waals surface area (Å²) in [5.41, 5.74) is 5.66. The summed E-state index contributed by atoms with van der Waals surface area (Å²) >= 11 is 0. The van der Waals surface area contributed by atoms with Crippen LogP contribution in [0.2, 0.25) is 0 Å². The van der Waals surface area contributed by atoms with Crippen LogP contribution in [0.1, 0.15) is 13.8 Å². The first-order valence-corrected chi connectivity index (χ1v) is 3.07. The molecule has 4 N–H and O–H groups in total. The van der Waals surface area contributed by atoms with Gasteiger partial charge in [-0.3, -0.25) is 10.2 Å². The van der Waals surface area contributed by atoms with Gasteiger partial charge in [0, 0.05) is 6.21 Å². The molecule has 0 aliphatic carbocycles. The highest BCUT2D eigenvalue weighted by molar-refractivity contribution is 6.21. The molecule has 0 heterocycles. The van der Waals surface area contributed by atoms with Crippen molar-refractivity contribution in [2.45, 2.75) is 13.8 Å². The number of hydrogen-bond donors (Lipinski definition) is 3. The molecule has 4 nitrogen and oxygen atoms in total. The lowest BCUT2D eigenvalue weighted by Crippen LogP contribution is -2.20. The average Bonchev–Trinajstić information content (AvgIpc) is 1.85. The molecule has 0 aliphatic heterocycles. The molecule has 0 unspecified atom stereocenters. The maximum Gasteiger partial charge on any atom is 0.163 e. The van der Waals surface area contributed by atoms with E-state index in [-0.39, 0.29) is 17.2 Å². The smallest absolute Gasteiger partial charge is 0.163 e. The van der Waals surface area contributed by atoms with Gasteiger partial charge < -0.3 is 11.1 Å². The van der Waals surface area contributed by atoms with Crippen LogP contribution in [0, 0.1) is 10.8 Å². The van der Waals surface area contributed by atoms with Crippen molar-refractivity contribution >= 4 is 17.8 Å². The Balaban J connectivity index is 5.04. The summed E-state index contributed by atoms with van der Waals surface area (Å²) in [6.07, 6.45) is 1.01. The number of allylic oxidation sites excluding steroid dienone is 1. The number of rotatable bonds is 3. The number of carbonyl (C=O) groups excluding carboxylic acids is 1. The molecule has 0 aromatic heterocycles. The molecule has 11 heavy (non-hydrogen) atoms. The molecule has 0 atom stereocenters. The van der Waals surface area contributed by atoms with Gasteiger partial charge in [0.25, 0.3) is 0 Å². The first kappa shape index (κ1) is 9.55. The Morgan fingerprint density at radius 1 is 1.45 bits per heavy atom. The number of ketones is 1. The minimum atomic E-state index is -0.279. The van der Waals surface area contributed by atoms with E-state index >= 15 is 0 Å². The minimum absolute atomic E-state index is 0.125. The Morgan fingerprint density at radius 2 is 1.91 bits per heavy atom. The standard InChI is InChI=1S/C7H11N3O/c1-4(3-8)6(5(2)11)7(9)10/h3,8H,1-2H3,(H3,9,10)/b6-4+,8-3?. The van der Waals surface area contributed by atoms with Gasteiger partial charge in [0.05, 0.1) is 5.57 Å². The van der Waals surface area contributed by atoms with Crippen molar-refractivity contribution in [3.05, 3.63) is 11.1 Å². The van der Waals surface area contributed by atoms with Crippen molar-refractivity contribution in [3.8, 4) is 0 Å². The lowest BCUT2D eigenvalue weighted by molar-refractivity contribution is -0.113. The van der Waals surface area contributed by atoms with Crippen LogP contribution in [0.5, 0.6) is 0 Å². The fourth-order valence-corrected chi connectivity index (χ4v) is 0.752. The van der Waals surface area contributed by atoms with Crippen LogP contribution in [0.15, 0.2) is 11.1 Å². The van der Waals surface area contributed by atoms with Crippen LogP contribution in [-0.2, 0) is 4.79 Å². The van der Waals surface area contributed by atoms with Crippen LogP contribution in [0.25, 0.3) is 0 Å². The van der Waals surface area contributed by atoms with Gasteiger partial charge in [-0.1, -0.05) is 0 Å². The first-order chi connectivity index (χ1) is 5.00. The molecule has 0 aromatic rings. The van der Waals surface area contributed by atoms with Gasteiger partial charge in [-0.15, -0.1) is 0 Å². The van der Waals surface area contributed by atoms with E-state index in [0.717, 1.165) is 6.21 Å². The fourth-order valence-electron chi connectivity index (χ4n) is 0.752. The van der Waals surface area contributed by atoms with Gasteiger partial charge in [0.1, 0.15) is 5.84 Å². The van der Waals surface area contributed by atoms with Crippen LogP contribution in [0.3, 0.4) is 0 Å². The highest BCUT2D eigenvalue weighted by atomic mass is 16.1. The zero-order chi connectivity index (χ0) is 9.02. The molecule has 60 valence electrons. The highest BCUT2D eigenvalue weighted by Gasteiger charge is 2.09. The number of amidine groups is 1. The van der Waals surface area contributed by atoms with E-state index in [2.05, 4.69) is 0 Å². The van der Waals surface area contributed by atoms with Crippen molar-refractivity contribution in [3.63, 3.8) is 0 Å². The second-order valence-corrected chi connectivity index (χ2v) is 2.17. The normalized spacial score (nSPS) is 11.8. The summed E-state index contributed by atoms with van der Waals surface area (Å²) in [4.78, 5) is 10.8. The largest absolute Gasteiger partial charge is 0.384 e. The lowest BCUT2D eigenvalue weighted by Gasteiger charge is -2.01. The van der Waals surface area contributed by atoms with Crippen LogP contribution in [0.4, 0.5) is 0 Å². The van der Waals surface area contributed by atoms with Crippen molar-refractivity contribution in [2.75, 3.05) is 0 Å². The molecule has 0 saturated heterocycles. The van der Waals surface area contributed by atoms with E-state index in [1.165, 1.54) is 6.92 Å². The second-order valence-electron chi connectivity index (χ2n) is 2.17. The molecule has 0 rings (SSSR count). The third-order valence-corrected chi connectivity index (χ3v) is 1.23. The first-order valence-electron chi connectivity index (χ1n) is 3.07. The second kappa shape index (κ2) is 3.65. The quantitative estimate of drug-likeness (QED) is 0.312. The van der Waals surface area contributed by atoms with Crippen molar-refractivity contribution in [2.24, 2.45) is 5.73 Å². The number of nitrogens with two attached hydrogens (primary N) is 1. The predicted octanol–water partition coefficient (Wildman–Crippen LogP) is 0.477. The zero-order valence-electron chi connectivity index (χ0n) is 6.56. The summed E-state index contributed by atoms with van der Waals surface area (Å²) in [6, 6.07) is 0. The Bertz CT molecular complexity index is 224. The molecule has 0 spiro atoms. The highest BCUT2D eigenvalue weighted by Crippen LogP contribution is 2.01. The molecular formula is C7H11N3O. The fraction of sp³-hybridized carbons (Fsp3) is 0.286. The van der Waals surface area contributed by atoms with Crippen molar-refractivity contribution in [1.29, 1.82) is 10.8 Å². The van der Waals surface area contributed by atoms with Crippen LogP contribution in [-0.4, -0.2) is 17.8 Å². The summed E-state index contributed by atoms with van der Waals surface area (Å²) in [5, 5.41) is 13.8. The van der Waals surface area contributed by atoms with Gasteiger partial charge in [0.2, 0.25) is 0 Å². The summed E-state index contributed by atoms with van der Waals surface area (Å²) in [7, 11) is 0. The Morgan fingerprint density at radius 3 is 2.00 bits per heavy atom. The van der Waals surface area contributed by atoms with E-state index in [1.54, 1.807) is 6.92 Å². The molecule has 0 aromatic carbocycles. The van der Waals surface area contributed by atoms with E-state index in [4.69, 9.17) is 16.6 Å². The third kappa shape index (κ3) is 2.33. The topological polar surface area (TPSA) is 90.8 Å². The van der Waals surface area contributed by atoms with Crippen LogP contribution < -0.4 is 5.73 Å². The molecular weight excluding hydrogens is 142 g/mol. The molecule has 0 fully saturated rings. The maximum atomic E-state index is 10.8. The van der Waals surface area contributed by atoms with E-state index in [1.807, 2.05) is 0 Å². The Hall–Kier alpha value is -1.45. The SMILES string of the molecule is CC(=O)/C(C(=N)N)=C(/C)C=N. The minimum Gasteiger partial charge on any atom is -0.384 e. The van der Waals surface area contributed by atoms with Gasteiger partial charge in [-0.25, -0.2) is 0 Å². The molecule has 0 radical (unpaired) electrons. The monoisotopic (exact) mass is 153 g/mol. The molecule has 0 bridgehead atoms. The third-order valence-electron chi connectivity index (χ3n) is 1.23. The summed E-state index contributed by atoms with van der Waals surface area (Å²) in [6.45, 7) is 2.90. The Labute approximate surface area is 65.1 Å². The van der Waals surface area contributed by atoms with E-state index in [9.17, 15) is 4.79 Å². The maximum absolute atomic E-state index is 10.8. The molecule has 0 aliphatic rings. The molecule has 0 saturated carbocycles. The summed E-state index contributed by atoms with van der Waals surface area (Å²) in [5.74, 6) is -0.558. The number of nitrogens with one attached hydrogen (secondary N) is 2. The zero-order valence-corrected chi connectivity index (χ0v) is 6.56. The van der Waals surface area contributed by atoms with Crippen molar-refractivity contribution in [1.82, 2.24) is 0 Å². The molecule has 0 amide bonds. The van der Waals surface area contributed by atoms with E-state index < -0.39 is 0 Å².